The number of aryl methyl sites for hydroxylation is 2. The molecule has 0 aromatic carbocycles. The number of hydrogen-bond donors (Lipinski definition) is 1. The third-order valence-corrected chi connectivity index (χ3v) is 10.8. The molecule has 3 aromatic rings. The van der Waals surface area contributed by atoms with Gasteiger partial charge in [-0.1, -0.05) is 0 Å². The lowest BCUT2D eigenvalue weighted by molar-refractivity contribution is -0.142. The quantitative estimate of drug-likeness (QED) is 0.188. The van der Waals surface area contributed by atoms with Crippen LogP contribution >= 0.6 is 0 Å². The number of carbonyl (C=O) groups excluding carboxylic acids is 2. The average molecular weight is 709 g/mol. The van der Waals surface area contributed by atoms with E-state index in [-0.39, 0.29) is 18.1 Å². The molecule has 13 heteroatoms. The largest absolute Gasteiger partial charge is 0.461 e. The lowest BCUT2D eigenvalue weighted by Gasteiger charge is -2.46. The molecule has 1 amide bonds. The Morgan fingerprint density at radius 1 is 1.12 bits per heavy atom. The topological polar surface area (TPSA) is 127 Å². The number of nitrogens with zero attached hydrogens (tertiary/aromatic N) is 7. The Balaban J connectivity index is 1.17. The van der Waals surface area contributed by atoms with Crippen molar-refractivity contribution in [3.63, 3.8) is 0 Å². The molecule has 0 unspecified atom stereocenters. The molecule has 52 heavy (non-hydrogen) atoms. The lowest BCUT2D eigenvalue weighted by Crippen LogP contribution is -2.59. The van der Waals surface area contributed by atoms with Crippen LogP contribution in [0.1, 0.15) is 60.9 Å². The normalized spacial score (nSPS) is 19.9. The van der Waals surface area contributed by atoms with E-state index in [0.29, 0.717) is 64.9 Å². The fraction of sp³-hybridized carbons (Fsp3) is 0.462. The maximum Gasteiger partial charge on any atom is 0.302 e. The zero-order valence-electron chi connectivity index (χ0n) is 30.6. The molecule has 3 aromatic heterocycles. The highest BCUT2D eigenvalue weighted by atomic mass is 16.5. The van der Waals surface area contributed by atoms with Gasteiger partial charge in [0.25, 0.3) is 11.5 Å². The van der Waals surface area contributed by atoms with Gasteiger partial charge in [0.05, 0.1) is 19.3 Å². The number of nitrogens with one attached hydrogen (secondary N) is 1. The summed E-state index contributed by atoms with van der Waals surface area (Å²) in [7, 11) is 1.68. The van der Waals surface area contributed by atoms with Crippen LogP contribution in [0.4, 0.5) is 11.5 Å². The Bertz CT molecular complexity index is 2010. The standard InChI is InChI=1S/C39H48N8O5/c1-25(45-15-14-44(20-26(45)2)30-22-51-23-30)10-11-36(40-4)42-33-18-29(21-43(5)38(33)49)31-12-13-41-37(32(31)24-52-27(3)48)47-17-16-46-34-9-7-6-8-28(34)19-35(46)39(47)50/h10-13,18-19,21,26,30,42H,4,6-9,14-17,20,22-24H2,1-3,5H3/b25-10+,36-11+/t26-/m0/s1. The molecular formula is C39H48N8O5. The smallest absolute Gasteiger partial charge is 0.302 e. The van der Waals surface area contributed by atoms with Crippen LogP contribution in [0.3, 0.4) is 0 Å². The van der Waals surface area contributed by atoms with E-state index >= 15 is 0 Å². The number of piperazine rings is 1. The van der Waals surface area contributed by atoms with E-state index in [1.165, 1.54) is 22.7 Å². The maximum absolute atomic E-state index is 14.0. The second-order valence-electron chi connectivity index (χ2n) is 14.2. The van der Waals surface area contributed by atoms with E-state index < -0.39 is 5.97 Å². The molecule has 13 nitrogen and oxygen atoms in total. The molecule has 6 heterocycles. The van der Waals surface area contributed by atoms with E-state index in [4.69, 9.17) is 9.47 Å². The molecule has 3 aliphatic heterocycles. The summed E-state index contributed by atoms with van der Waals surface area (Å²) < 4.78 is 14.6. The average Bonchev–Trinajstić information content (AvgIpc) is 3.50. The van der Waals surface area contributed by atoms with Crippen molar-refractivity contribution in [2.45, 2.75) is 71.7 Å². The van der Waals surface area contributed by atoms with Crippen LogP contribution in [0.2, 0.25) is 0 Å². The minimum Gasteiger partial charge on any atom is -0.461 e. The highest BCUT2D eigenvalue weighted by Gasteiger charge is 2.34. The maximum atomic E-state index is 14.0. The van der Waals surface area contributed by atoms with Crippen molar-refractivity contribution in [1.82, 2.24) is 23.9 Å². The number of esters is 1. The van der Waals surface area contributed by atoms with Gasteiger partial charge in [0, 0.05) is 87.6 Å². The number of pyridine rings is 2. The van der Waals surface area contributed by atoms with Gasteiger partial charge in [-0.3, -0.25) is 24.2 Å². The number of hydrogen-bond acceptors (Lipinski definition) is 10. The molecule has 1 aliphatic carbocycles. The van der Waals surface area contributed by atoms with Crippen LogP contribution in [0, 0.1) is 0 Å². The molecular weight excluding hydrogens is 660 g/mol. The molecule has 0 spiro atoms. The minimum atomic E-state index is -0.450. The second kappa shape index (κ2) is 14.9. The van der Waals surface area contributed by atoms with Crippen molar-refractivity contribution >= 4 is 30.1 Å². The van der Waals surface area contributed by atoms with Crippen LogP contribution in [0.5, 0.6) is 0 Å². The zero-order valence-corrected chi connectivity index (χ0v) is 30.6. The first-order chi connectivity index (χ1) is 25.1. The number of rotatable bonds is 10. The third kappa shape index (κ3) is 6.94. The van der Waals surface area contributed by atoms with Crippen LogP contribution in [-0.4, -0.2) is 94.0 Å². The summed E-state index contributed by atoms with van der Waals surface area (Å²) in [5.74, 6) is 0.278. The van der Waals surface area contributed by atoms with Crippen molar-refractivity contribution in [3.8, 4) is 11.1 Å². The molecule has 4 aliphatic rings. The highest BCUT2D eigenvalue weighted by molar-refractivity contribution is 6.06. The van der Waals surface area contributed by atoms with Crippen LogP contribution in [-0.2, 0) is 47.3 Å². The van der Waals surface area contributed by atoms with Gasteiger partial charge < -0.3 is 28.8 Å². The van der Waals surface area contributed by atoms with Gasteiger partial charge in [-0.25, -0.2) is 9.98 Å². The zero-order chi connectivity index (χ0) is 36.5. The van der Waals surface area contributed by atoms with E-state index in [9.17, 15) is 14.4 Å². The van der Waals surface area contributed by atoms with E-state index in [2.05, 4.69) is 50.2 Å². The van der Waals surface area contributed by atoms with Crippen LogP contribution in [0.15, 0.2) is 64.0 Å². The number of amides is 1. The third-order valence-electron chi connectivity index (χ3n) is 10.8. The predicted octanol–water partition coefficient (Wildman–Crippen LogP) is 4.11. The Kier molecular flexibility index (Phi) is 10.2. The van der Waals surface area contributed by atoms with Gasteiger partial charge in [-0.15, -0.1) is 0 Å². The van der Waals surface area contributed by atoms with E-state index in [1.54, 1.807) is 30.4 Å². The predicted molar refractivity (Wildman–Crippen MR) is 200 cm³/mol. The number of fused-ring (bicyclic) bond motifs is 3. The van der Waals surface area contributed by atoms with Gasteiger partial charge in [0.2, 0.25) is 0 Å². The number of ether oxygens (including phenoxy) is 2. The minimum absolute atomic E-state index is 0.0920. The molecule has 274 valence electrons. The number of carbonyl (C=O) groups is 2. The SMILES string of the molecule is C=N/C(=C\C=C(/C)N1CCN(C2COC2)C[C@@H]1C)Nc1cc(-c2ccnc(N3CCn4c(cc5c4CCCC5)C3=O)c2COC(C)=O)cn(C)c1=O. The molecule has 2 saturated heterocycles. The summed E-state index contributed by atoms with van der Waals surface area (Å²) in [5, 5.41) is 3.19. The van der Waals surface area contributed by atoms with Crippen molar-refractivity contribution < 1.29 is 19.1 Å². The summed E-state index contributed by atoms with van der Waals surface area (Å²) in [5.41, 5.74) is 6.27. The second-order valence-corrected chi connectivity index (χ2v) is 14.2. The molecule has 0 radical (unpaired) electrons. The summed E-state index contributed by atoms with van der Waals surface area (Å²) in [4.78, 5) is 55.0. The summed E-state index contributed by atoms with van der Waals surface area (Å²) in [6, 6.07) is 6.46. The molecule has 0 saturated carbocycles. The highest BCUT2D eigenvalue weighted by Crippen LogP contribution is 2.35. The fourth-order valence-electron chi connectivity index (χ4n) is 7.93. The molecule has 2 fully saturated rings. The van der Waals surface area contributed by atoms with Crippen molar-refractivity contribution in [1.29, 1.82) is 0 Å². The number of aliphatic imine (C=N–C) groups is 1. The first-order valence-electron chi connectivity index (χ1n) is 18.2. The first-order valence-corrected chi connectivity index (χ1v) is 18.2. The first kappa shape index (κ1) is 35.4. The summed E-state index contributed by atoms with van der Waals surface area (Å²) in [6.07, 6.45) is 11.4. The Labute approximate surface area is 304 Å². The number of allylic oxidation sites excluding steroid dienone is 3. The Hall–Kier alpha value is -5.01. The lowest BCUT2D eigenvalue weighted by atomic mass is 9.98. The van der Waals surface area contributed by atoms with Crippen LogP contribution < -0.4 is 15.8 Å². The monoisotopic (exact) mass is 708 g/mol. The Morgan fingerprint density at radius 2 is 1.92 bits per heavy atom. The van der Waals surface area contributed by atoms with Gasteiger partial charge in [-0.2, -0.15) is 0 Å². The molecule has 1 atom stereocenters. The van der Waals surface area contributed by atoms with Gasteiger partial charge in [0.1, 0.15) is 29.6 Å². The van der Waals surface area contributed by atoms with Gasteiger partial charge in [0.15, 0.2) is 0 Å². The molecule has 0 bridgehead atoms. The van der Waals surface area contributed by atoms with Crippen LogP contribution in [0.25, 0.3) is 11.1 Å². The van der Waals surface area contributed by atoms with E-state index in [1.807, 2.05) is 24.3 Å². The Morgan fingerprint density at radius 3 is 2.65 bits per heavy atom. The van der Waals surface area contributed by atoms with Crippen molar-refractivity contribution in [2.75, 3.05) is 49.6 Å². The number of aromatic nitrogens is 3. The summed E-state index contributed by atoms with van der Waals surface area (Å²) in [6.45, 7) is 14.9. The van der Waals surface area contributed by atoms with Gasteiger partial charge in [-0.05, 0) is 87.7 Å². The van der Waals surface area contributed by atoms with E-state index in [0.717, 1.165) is 64.2 Å². The van der Waals surface area contributed by atoms with Gasteiger partial charge >= 0.3 is 5.97 Å². The molecule has 1 N–H and O–H groups in total. The van der Waals surface area contributed by atoms with Crippen molar-refractivity contribution in [2.24, 2.45) is 12.0 Å². The molecule has 7 rings (SSSR count). The fourth-order valence-corrected chi connectivity index (χ4v) is 7.93. The summed E-state index contributed by atoms with van der Waals surface area (Å²) >= 11 is 0. The van der Waals surface area contributed by atoms with Crippen molar-refractivity contribution in [3.05, 3.63) is 87.1 Å². The number of anilines is 2.